The fraction of sp³-hybridized carbons (Fsp3) is 0.300. The van der Waals surface area contributed by atoms with Gasteiger partial charge in [0.25, 0.3) is 0 Å². The van der Waals surface area contributed by atoms with E-state index in [-0.39, 0.29) is 5.56 Å². The van der Waals surface area contributed by atoms with Gasteiger partial charge < -0.3 is 14.8 Å². The summed E-state index contributed by atoms with van der Waals surface area (Å²) in [4.78, 5) is 10.5. The van der Waals surface area contributed by atoms with Crippen LogP contribution in [-0.2, 0) is 6.54 Å². The van der Waals surface area contributed by atoms with Crippen molar-refractivity contribution < 1.29 is 14.3 Å². The van der Waals surface area contributed by atoms with Crippen molar-refractivity contribution in [3.63, 3.8) is 0 Å². The van der Waals surface area contributed by atoms with Gasteiger partial charge >= 0.3 is 5.97 Å². The Morgan fingerprint density at radius 1 is 1.71 bits per heavy atom. The summed E-state index contributed by atoms with van der Waals surface area (Å²) < 4.78 is 5.01. The van der Waals surface area contributed by atoms with Crippen LogP contribution in [0.25, 0.3) is 0 Å². The Morgan fingerprint density at radius 2 is 2.50 bits per heavy atom. The first kappa shape index (κ1) is 10.4. The monoisotopic (exact) mass is 193 g/mol. The highest BCUT2D eigenvalue weighted by atomic mass is 16.4. The third kappa shape index (κ3) is 2.96. The molecule has 2 N–H and O–H groups in total. The molecular formula is C10H11NO3. The van der Waals surface area contributed by atoms with Gasteiger partial charge in [0.2, 0.25) is 0 Å². The number of hydrogen-bond donors (Lipinski definition) is 2. The lowest BCUT2D eigenvalue weighted by molar-refractivity contribution is 0.0696. The molecule has 0 aromatic carbocycles. The van der Waals surface area contributed by atoms with Crippen molar-refractivity contribution in [3.05, 3.63) is 23.7 Å². The van der Waals surface area contributed by atoms with Crippen molar-refractivity contribution in [3.8, 4) is 12.3 Å². The zero-order valence-electron chi connectivity index (χ0n) is 7.62. The molecule has 0 aliphatic heterocycles. The maximum Gasteiger partial charge on any atom is 0.338 e. The standard InChI is InChI=1S/C10H11NO3/c1-2-3-4-11-6-9-5-8(7-14-9)10(12)13/h1,5,7,11H,3-4,6H2,(H,12,13). The Hall–Kier alpha value is -1.73. The third-order valence-corrected chi connectivity index (χ3v) is 1.65. The molecule has 0 saturated carbocycles. The van der Waals surface area contributed by atoms with Gasteiger partial charge in [-0.2, -0.15) is 0 Å². The van der Waals surface area contributed by atoms with Crippen molar-refractivity contribution in [2.75, 3.05) is 6.54 Å². The van der Waals surface area contributed by atoms with Gasteiger partial charge in [-0.15, -0.1) is 12.3 Å². The van der Waals surface area contributed by atoms with Crippen molar-refractivity contribution >= 4 is 5.97 Å². The van der Waals surface area contributed by atoms with Gasteiger partial charge in [-0.25, -0.2) is 4.79 Å². The highest BCUT2D eigenvalue weighted by Crippen LogP contribution is 2.07. The van der Waals surface area contributed by atoms with Crippen LogP contribution < -0.4 is 5.32 Å². The Morgan fingerprint density at radius 3 is 3.07 bits per heavy atom. The Bertz CT molecular complexity index is 348. The van der Waals surface area contributed by atoms with E-state index < -0.39 is 5.97 Å². The van der Waals surface area contributed by atoms with E-state index in [0.29, 0.717) is 25.3 Å². The Kier molecular flexibility index (Phi) is 3.77. The predicted octanol–water partition coefficient (Wildman–Crippen LogP) is 1.09. The van der Waals surface area contributed by atoms with E-state index in [0.717, 1.165) is 0 Å². The van der Waals surface area contributed by atoms with Crippen LogP contribution in [-0.4, -0.2) is 17.6 Å². The number of hydrogen-bond acceptors (Lipinski definition) is 3. The first-order valence-corrected chi connectivity index (χ1v) is 4.19. The number of carbonyl (C=O) groups is 1. The van der Waals surface area contributed by atoms with Gasteiger partial charge in [0.15, 0.2) is 0 Å². The van der Waals surface area contributed by atoms with E-state index in [9.17, 15) is 4.79 Å². The van der Waals surface area contributed by atoms with Crippen LogP contribution in [0.15, 0.2) is 16.7 Å². The fourth-order valence-corrected chi connectivity index (χ4v) is 0.958. The second-order valence-corrected chi connectivity index (χ2v) is 2.74. The van der Waals surface area contributed by atoms with Crippen molar-refractivity contribution in [2.45, 2.75) is 13.0 Å². The molecule has 0 aliphatic rings. The predicted molar refractivity (Wildman–Crippen MR) is 50.8 cm³/mol. The maximum absolute atomic E-state index is 10.5. The van der Waals surface area contributed by atoms with Crippen LogP contribution in [0, 0.1) is 12.3 Å². The summed E-state index contributed by atoms with van der Waals surface area (Å²) in [7, 11) is 0. The summed E-state index contributed by atoms with van der Waals surface area (Å²) in [5.74, 6) is 2.10. The third-order valence-electron chi connectivity index (χ3n) is 1.65. The number of rotatable bonds is 5. The minimum atomic E-state index is -0.983. The molecule has 74 valence electrons. The van der Waals surface area contributed by atoms with Gasteiger partial charge in [0.1, 0.15) is 12.0 Å². The molecule has 0 unspecified atom stereocenters. The number of nitrogens with one attached hydrogen (secondary N) is 1. The average molecular weight is 193 g/mol. The van der Waals surface area contributed by atoms with E-state index in [2.05, 4.69) is 11.2 Å². The summed E-state index contributed by atoms with van der Waals surface area (Å²) in [6, 6.07) is 1.49. The molecule has 0 atom stereocenters. The molecule has 0 amide bonds. The largest absolute Gasteiger partial charge is 0.478 e. The highest BCUT2D eigenvalue weighted by molar-refractivity contribution is 5.87. The van der Waals surface area contributed by atoms with E-state index >= 15 is 0 Å². The molecule has 14 heavy (non-hydrogen) atoms. The zero-order valence-corrected chi connectivity index (χ0v) is 7.62. The van der Waals surface area contributed by atoms with E-state index in [1.165, 1.54) is 12.3 Å². The van der Waals surface area contributed by atoms with Crippen molar-refractivity contribution in [2.24, 2.45) is 0 Å². The molecule has 1 aromatic heterocycles. The molecule has 1 rings (SSSR count). The van der Waals surface area contributed by atoms with Crippen LogP contribution in [0.1, 0.15) is 22.5 Å². The van der Waals surface area contributed by atoms with E-state index in [4.69, 9.17) is 15.9 Å². The van der Waals surface area contributed by atoms with Crippen LogP contribution in [0.4, 0.5) is 0 Å². The van der Waals surface area contributed by atoms with Gasteiger partial charge in [-0.05, 0) is 6.07 Å². The number of aromatic carboxylic acids is 1. The number of carboxylic acid groups (broad SMARTS) is 1. The van der Waals surface area contributed by atoms with E-state index in [1.54, 1.807) is 0 Å². The van der Waals surface area contributed by atoms with Crippen molar-refractivity contribution in [1.82, 2.24) is 5.32 Å². The molecule has 0 spiro atoms. The minimum Gasteiger partial charge on any atom is -0.478 e. The number of terminal acetylenes is 1. The van der Waals surface area contributed by atoms with Gasteiger partial charge in [-0.3, -0.25) is 0 Å². The molecule has 0 saturated heterocycles. The lowest BCUT2D eigenvalue weighted by Gasteiger charge is -1.97. The van der Waals surface area contributed by atoms with Crippen LogP contribution in [0.3, 0.4) is 0 Å². The molecule has 1 aromatic rings. The minimum absolute atomic E-state index is 0.166. The molecule has 1 heterocycles. The van der Waals surface area contributed by atoms with Gasteiger partial charge in [-0.1, -0.05) is 0 Å². The quantitative estimate of drug-likeness (QED) is 0.542. The summed E-state index contributed by atoms with van der Waals surface area (Å²) in [5.41, 5.74) is 0.166. The first-order chi connectivity index (χ1) is 6.74. The summed E-state index contributed by atoms with van der Waals surface area (Å²) in [6.07, 6.45) is 6.93. The second kappa shape index (κ2) is 5.10. The smallest absolute Gasteiger partial charge is 0.338 e. The highest BCUT2D eigenvalue weighted by Gasteiger charge is 2.06. The molecule has 0 fully saturated rings. The molecule has 4 nitrogen and oxygen atoms in total. The summed E-state index contributed by atoms with van der Waals surface area (Å²) in [6.45, 7) is 1.19. The molecule has 0 radical (unpaired) electrons. The van der Waals surface area contributed by atoms with Crippen LogP contribution >= 0.6 is 0 Å². The lowest BCUT2D eigenvalue weighted by atomic mass is 10.3. The number of carboxylic acids is 1. The molecule has 0 aliphatic carbocycles. The molecule has 0 bridgehead atoms. The van der Waals surface area contributed by atoms with Crippen LogP contribution in [0.2, 0.25) is 0 Å². The van der Waals surface area contributed by atoms with Gasteiger partial charge in [0, 0.05) is 13.0 Å². The average Bonchev–Trinajstić information content (AvgIpc) is 2.61. The number of furan rings is 1. The Labute approximate surface area is 81.9 Å². The summed E-state index contributed by atoms with van der Waals surface area (Å²) >= 11 is 0. The topological polar surface area (TPSA) is 62.5 Å². The SMILES string of the molecule is C#CCCNCc1cc(C(=O)O)co1. The summed E-state index contributed by atoms with van der Waals surface area (Å²) in [5, 5.41) is 11.6. The first-order valence-electron chi connectivity index (χ1n) is 4.19. The van der Waals surface area contributed by atoms with Gasteiger partial charge in [0.05, 0.1) is 12.1 Å². The normalized spacial score (nSPS) is 9.64. The Balaban J connectivity index is 2.37. The lowest BCUT2D eigenvalue weighted by Crippen LogP contribution is -2.13. The van der Waals surface area contributed by atoms with Crippen molar-refractivity contribution in [1.29, 1.82) is 0 Å². The second-order valence-electron chi connectivity index (χ2n) is 2.74. The fourth-order valence-electron chi connectivity index (χ4n) is 0.958. The molecular weight excluding hydrogens is 182 g/mol. The maximum atomic E-state index is 10.5. The van der Waals surface area contributed by atoms with Crippen LogP contribution in [0.5, 0.6) is 0 Å². The zero-order chi connectivity index (χ0) is 10.4. The van der Waals surface area contributed by atoms with E-state index in [1.807, 2.05) is 0 Å². The molecule has 4 heteroatoms.